The minimum Gasteiger partial charge on any atom is -0.321 e. The maximum Gasteiger partial charge on any atom is 0.276 e. The number of benzene rings is 2. The van der Waals surface area contributed by atoms with Crippen molar-refractivity contribution < 1.29 is 13.2 Å². The van der Waals surface area contributed by atoms with Gasteiger partial charge in [-0.2, -0.15) is 18.4 Å². The minimum absolute atomic E-state index is 0.0501. The number of hydrazone groups is 1. The number of hydrogen-bond donors (Lipinski definition) is 2. The fourth-order valence-electron chi connectivity index (χ4n) is 2.31. The molecule has 0 atom stereocenters. The van der Waals surface area contributed by atoms with Gasteiger partial charge in [0.15, 0.2) is 0 Å². The molecule has 2 aromatic carbocycles. The van der Waals surface area contributed by atoms with Crippen molar-refractivity contribution in [2.45, 2.75) is 11.8 Å². The molecular formula is C19H15Cl2N3O3S2. The number of halogens is 2. The lowest BCUT2D eigenvalue weighted by Gasteiger charge is -2.08. The van der Waals surface area contributed by atoms with Gasteiger partial charge in [0, 0.05) is 10.7 Å². The first-order valence-corrected chi connectivity index (χ1v) is 11.3. The van der Waals surface area contributed by atoms with Crippen molar-refractivity contribution in [2.24, 2.45) is 5.10 Å². The molecule has 6 nitrogen and oxygen atoms in total. The highest BCUT2D eigenvalue weighted by molar-refractivity contribution is 7.89. The van der Waals surface area contributed by atoms with Crippen LogP contribution in [0.3, 0.4) is 0 Å². The van der Waals surface area contributed by atoms with Crippen LogP contribution in [0.1, 0.15) is 22.2 Å². The van der Waals surface area contributed by atoms with E-state index in [1.165, 1.54) is 35.6 Å². The van der Waals surface area contributed by atoms with Gasteiger partial charge in [-0.25, -0.2) is 0 Å². The van der Waals surface area contributed by atoms with E-state index in [0.29, 0.717) is 31.2 Å². The van der Waals surface area contributed by atoms with E-state index >= 15 is 0 Å². The van der Waals surface area contributed by atoms with Crippen LogP contribution in [0.2, 0.25) is 9.36 Å². The number of rotatable bonds is 6. The molecule has 0 aliphatic heterocycles. The van der Waals surface area contributed by atoms with Crippen LogP contribution in [0, 0.1) is 0 Å². The number of sulfonamides is 1. The normalized spacial score (nSPS) is 11.9. The zero-order valence-corrected chi connectivity index (χ0v) is 18.2. The Labute approximate surface area is 182 Å². The molecule has 3 aromatic rings. The molecular weight excluding hydrogens is 453 g/mol. The van der Waals surface area contributed by atoms with E-state index in [0.717, 1.165) is 0 Å². The predicted molar refractivity (Wildman–Crippen MR) is 118 cm³/mol. The lowest BCUT2D eigenvalue weighted by atomic mass is 10.1. The van der Waals surface area contributed by atoms with Crippen molar-refractivity contribution >= 4 is 61.9 Å². The quantitative estimate of drug-likeness (QED) is 0.394. The van der Waals surface area contributed by atoms with Gasteiger partial charge in [-0.1, -0.05) is 35.3 Å². The average molecular weight is 468 g/mol. The second kappa shape index (κ2) is 8.96. The van der Waals surface area contributed by atoms with Crippen LogP contribution in [0.25, 0.3) is 0 Å². The maximum absolute atomic E-state index is 12.3. The molecule has 150 valence electrons. The van der Waals surface area contributed by atoms with Crippen molar-refractivity contribution in [1.82, 2.24) is 4.83 Å². The third-order valence-electron chi connectivity index (χ3n) is 3.79. The molecule has 0 spiro atoms. The number of nitrogens with zero attached hydrogens (tertiary/aromatic N) is 1. The lowest BCUT2D eigenvalue weighted by Crippen LogP contribution is -2.20. The van der Waals surface area contributed by atoms with Gasteiger partial charge in [0.1, 0.15) is 0 Å². The monoisotopic (exact) mass is 467 g/mol. The summed E-state index contributed by atoms with van der Waals surface area (Å²) in [7, 11) is -3.82. The van der Waals surface area contributed by atoms with E-state index < -0.39 is 10.0 Å². The van der Waals surface area contributed by atoms with Gasteiger partial charge >= 0.3 is 0 Å². The zero-order chi connectivity index (χ0) is 21.0. The molecule has 0 radical (unpaired) electrons. The molecule has 3 rings (SSSR count). The van der Waals surface area contributed by atoms with E-state index in [2.05, 4.69) is 15.2 Å². The van der Waals surface area contributed by atoms with Crippen LogP contribution < -0.4 is 10.1 Å². The van der Waals surface area contributed by atoms with Crippen LogP contribution in [-0.4, -0.2) is 20.0 Å². The molecule has 1 aromatic heterocycles. The van der Waals surface area contributed by atoms with Crippen molar-refractivity contribution in [3.05, 3.63) is 80.5 Å². The molecule has 0 unspecified atom stereocenters. The highest BCUT2D eigenvalue weighted by Crippen LogP contribution is 2.23. The molecule has 0 aliphatic rings. The standard InChI is InChI=1S/C19H15Cl2N3O3S2/c1-12(23-24-29(26,27)16-7-5-14(20)6-8-16)13-3-2-4-15(11-13)22-19(25)17-9-10-18(21)28-17/h2-11,24H,1H3,(H,22,25)/b23-12+. The summed E-state index contributed by atoms with van der Waals surface area (Å²) in [6.07, 6.45) is 0. The third-order valence-corrected chi connectivity index (χ3v) is 6.50. The summed E-state index contributed by atoms with van der Waals surface area (Å²) < 4.78 is 25.2. The van der Waals surface area contributed by atoms with Crippen LogP contribution in [0.15, 0.2) is 70.7 Å². The summed E-state index contributed by atoms with van der Waals surface area (Å²) in [5.41, 5.74) is 1.62. The summed E-state index contributed by atoms with van der Waals surface area (Å²) >= 11 is 12.8. The summed E-state index contributed by atoms with van der Waals surface area (Å²) in [6, 6.07) is 16.0. The Hall–Kier alpha value is -2.39. The number of anilines is 1. The van der Waals surface area contributed by atoms with Crippen LogP contribution in [-0.2, 0) is 10.0 Å². The molecule has 2 N–H and O–H groups in total. The first-order valence-electron chi connectivity index (χ1n) is 8.23. The highest BCUT2D eigenvalue weighted by Gasteiger charge is 2.13. The molecule has 1 amide bonds. The van der Waals surface area contributed by atoms with E-state index in [4.69, 9.17) is 23.2 Å². The van der Waals surface area contributed by atoms with E-state index in [1.807, 2.05) is 0 Å². The van der Waals surface area contributed by atoms with Gasteiger partial charge in [-0.05, 0) is 61.0 Å². The van der Waals surface area contributed by atoms with Crippen LogP contribution >= 0.6 is 34.5 Å². The Morgan fingerprint density at radius 3 is 2.41 bits per heavy atom. The van der Waals surface area contributed by atoms with Crippen molar-refractivity contribution in [2.75, 3.05) is 5.32 Å². The fraction of sp³-hybridized carbons (Fsp3) is 0.0526. The predicted octanol–water partition coefficient (Wildman–Crippen LogP) is 5.01. The molecule has 0 bridgehead atoms. The van der Waals surface area contributed by atoms with E-state index in [-0.39, 0.29) is 10.8 Å². The smallest absolute Gasteiger partial charge is 0.276 e. The van der Waals surface area contributed by atoms with Gasteiger partial charge in [0.05, 0.1) is 19.8 Å². The first-order chi connectivity index (χ1) is 13.7. The second-order valence-corrected chi connectivity index (χ2v) is 9.70. The average Bonchev–Trinajstić information content (AvgIpc) is 3.13. The first kappa shape index (κ1) is 21.3. The molecule has 0 fully saturated rings. The number of thiophene rings is 1. The second-order valence-electron chi connectivity index (χ2n) is 5.88. The Bertz CT molecular complexity index is 1170. The van der Waals surface area contributed by atoms with Gasteiger partial charge in [0.2, 0.25) is 0 Å². The SMILES string of the molecule is C/C(=N\NS(=O)(=O)c1ccc(Cl)cc1)c1cccc(NC(=O)c2ccc(Cl)s2)c1. The molecule has 0 aliphatic carbocycles. The fourth-order valence-corrected chi connectivity index (χ4v) is 4.23. The van der Waals surface area contributed by atoms with Crippen molar-refractivity contribution in [3.8, 4) is 0 Å². The van der Waals surface area contributed by atoms with Crippen molar-refractivity contribution in [3.63, 3.8) is 0 Å². The van der Waals surface area contributed by atoms with E-state index in [1.54, 1.807) is 43.3 Å². The number of carbonyl (C=O) groups is 1. The van der Waals surface area contributed by atoms with Crippen molar-refractivity contribution in [1.29, 1.82) is 0 Å². The number of nitrogens with one attached hydrogen (secondary N) is 2. The zero-order valence-electron chi connectivity index (χ0n) is 15.0. The molecule has 10 heteroatoms. The van der Waals surface area contributed by atoms with Crippen LogP contribution in [0.4, 0.5) is 5.69 Å². The summed E-state index contributed by atoms with van der Waals surface area (Å²) in [4.78, 5) is 15.0. The lowest BCUT2D eigenvalue weighted by molar-refractivity contribution is 0.103. The minimum atomic E-state index is -3.82. The molecule has 0 saturated heterocycles. The summed E-state index contributed by atoms with van der Waals surface area (Å²) in [5.74, 6) is -0.280. The Morgan fingerprint density at radius 2 is 1.76 bits per heavy atom. The Balaban J connectivity index is 1.73. The number of hydrogen-bond acceptors (Lipinski definition) is 5. The van der Waals surface area contributed by atoms with Gasteiger partial charge < -0.3 is 5.32 Å². The molecule has 0 saturated carbocycles. The highest BCUT2D eigenvalue weighted by atomic mass is 35.5. The Morgan fingerprint density at radius 1 is 1.03 bits per heavy atom. The van der Waals surface area contributed by atoms with Gasteiger partial charge in [-0.3, -0.25) is 4.79 Å². The Kier molecular flexibility index (Phi) is 6.59. The van der Waals surface area contributed by atoms with Gasteiger partial charge in [0.25, 0.3) is 15.9 Å². The maximum atomic E-state index is 12.3. The summed E-state index contributed by atoms with van der Waals surface area (Å²) in [5, 5.41) is 7.18. The summed E-state index contributed by atoms with van der Waals surface area (Å²) in [6.45, 7) is 1.66. The number of amides is 1. The molecule has 29 heavy (non-hydrogen) atoms. The third kappa shape index (κ3) is 5.57. The topological polar surface area (TPSA) is 87.6 Å². The number of carbonyl (C=O) groups excluding carboxylic acids is 1. The molecule has 1 heterocycles. The van der Waals surface area contributed by atoms with E-state index in [9.17, 15) is 13.2 Å². The van der Waals surface area contributed by atoms with Gasteiger partial charge in [-0.15, -0.1) is 11.3 Å². The van der Waals surface area contributed by atoms with Crippen LogP contribution in [0.5, 0.6) is 0 Å². The largest absolute Gasteiger partial charge is 0.321 e.